The number of hydrogen-bond acceptors (Lipinski definition) is 4. The summed E-state index contributed by atoms with van der Waals surface area (Å²) in [6.45, 7) is 3.61. The van der Waals surface area contributed by atoms with Crippen LogP contribution in [-0.2, 0) is 5.41 Å². The molecule has 2 aromatic rings. The second-order valence-electron chi connectivity index (χ2n) is 5.69. The van der Waals surface area contributed by atoms with E-state index in [0.29, 0.717) is 0 Å². The van der Waals surface area contributed by atoms with Crippen LogP contribution in [0.25, 0.3) is 11.5 Å². The Morgan fingerprint density at radius 1 is 1.11 bits per heavy atom. The van der Waals surface area contributed by atoms with E-state index >= 15 is 0 Å². The molecular formula is C15H17N3O. The van der Waals surface area contributed by atoms with Gasteiger partial charge in [-0.3, -0.25) is 0 Å². The minimum Gasteiger partial charge on any atom is -0.463 e. The van der Waals surface area contributed by atoms with E-state index in [1.165, 1.54) is 32.4 Å². The monoisotopic (exact) mass is 255 g/mol. The molecule has 98 valence electrons. The van der Waals surface area contributed by atoms with Crippen molar-refractivity contribution in [1.29, 1.82) is 0 Å². The fourth-order valence-electron chi connectivity index (χ4n) is 3.50. The molecule has 4 nitrogen and oxygen atoms in total. The van der Waals surface area contributed by atoms with Gasteiger partial charge in [-0.1, -0.05) is 0 Å². The van der Waals surface area contributed by atoms with Gasteiger partial charge in [0.05, 0.1) is 12.0 Å². The summed E-state index contributed by atoms with van der Waals surface area (Å²) in [5.41, 5.74) is 2.23. The molecule has 2 aromatic heterocycles. The van der Waals surface area contributed by atoms with E-state index in [2.05, 4.69) is 21.2 Å². The lowest BCUT2D eigenvalue weighted by molar-refractivity contribution is 0.239. The number of piperidine rings is 1. The first kappa shape index (κ1) is 11.2. The Morgan fingerprint density at radius 3 is 2.89 bits per heavy atom. The molecule has 19 heavy (non-hydrogen) atoms. The van der Waals surface area contributed by atoms with Crippen molar-refractivity contribution in [2.75, 3.05) is 19.6 Å². The standard InChI is InChI=1S/C15H17N3O/c1-3-13(19-10-1)12-4-5-14(17-16-12)15-6-2-8-18(11-15)9-7-15/h1,3-5,10H,2,6-9,11H2. The lowest BCUT2D eigenvalue weighted by atomic mass is 9.78. The lowest BCUT2D eigenvalue weighted by Crippen LogP contribution is -2.37. The molecule has 2 bridgehead atoms. The van der Waals surface area contributed by atoms with Crippen molar-refractivity contribution >= 4 is 0 Å². The van der Waals surface area contributed by atoms with Crippen molar-refractivity contribution in [3.63, 3.8) is 0 Å². The van der Waals surface area contributed by atoms with Gasteiger partial charge in [-0.2, -0.15) is 5.10 Å². The highest BCUT2D eigenvalue weighted by Crippen LogP contribution is 2.41. The van der Waals surface area contributed by atoms with Crippen LogP contribution in [0.1, 0.15) is 25.0 Å². The van der Waals surface area contributed by atoms with Gasteiger partial charge in [0.25, 0.3) is 0 Å². The summed E-state index contributed by atoms with van der Waals surface area (Å²) in [5, 5.41) is 8.84. The Hall–Kier alpha value is -1.68. The Bertz CT molecular complexity index is 560. The van der Waals surface area contributed by atoms with Crippen LogP contribution < -0.4 is 0 Å². The van der Waals surface area contributed by atoms with E-state index < -0.39 is 0 Å². The highest BCUT2D eigenvalue weighted by atomic mass is 16.3. The van der Waals surface area contributed by atoms with Gasteiger partial charge in [0.15, 0.2) is 5.76 Å². The molecule has 2 aliphatic heterocycles. The Kier molecular flexibility index (Phi) is 2.45. The van der Waals surface area contributed by atoms with Crippen molar-refractivity contribution in [2.24, 2.45) is 0 Å². The van der Waals surface area contributed by atoms with Crippen LogP contribution in [0.15, 0.2) is 34.9 Å². The number of fused-ring (bicyclic) bond motifs is 2. The summed E-state index contributed by atoms with van der Waals surface area (Å²) >= 11 is 0. The van der Waals surface area contributed by atoms with Gasteiger partial charge in [0.1, 0.15) is 5.69 Å². The Morgan fingerprint density at radius 2 is 2.11 bits per heavy atom. The first-order valence-electron chi connectivity index (χ1n) is 6.96. The average molecular weight is 255 g/mol. The molecule has 4 heteroatoms. The van der Waals surface area contributed by atoms with Crippen LogP contribution in [-0.4, -0.2) is 34.7 Å². The van der Waals surface area contributed by atoms with E-state index in [0.717, 1.165) is 23.7 Å². The van der Waals surface area contributed by atoms with E-state index in [4.69, 9.17) is 4.42 Å². The zero-order valence-electron chi connectivity index (χ0n) is 10.9. The fraction of sp³-hybridized carbons (Fsp3) is 0.467. The largest absolute Gasteiger partial charge is 0.463 e. The van der Waals surface area contributed by atoms with Crippen molar-refractivity contribution in [2.45, 2.75) is 24.7 Å². The van der Waals surface area contributed by atoms with E-state index in [1.807, 2.05) is 18.2 Å². The van der Waals surface area contributed by atoms with Gasteiger partial charge in [-0.25, -0.2) is 0 Å². The summed E-state index contributed by atoms with van der Waals surface area (Å²) in [7, 11) is 0. The van der Waals surface area contributed by atoms with Gasteiger partial charge in [0, 0.05) is 12.0 Å². The third-order valence-electron chi connectivity index (χ3n) is 4.54. The van der Waals surface area contributed by atoms with Crippen molar-refractivity contribution in [3.05, 3.63) is 36.2 Å². The molecule has 2 fully saturated rings. The number of hydrogen-bond donors (Lipinski definition) is 0. The SMILES string of the molecule is c1coc(-c2ccc(C34CCCN(CC3)C4)nn2)c1. The summed E-state index contributed by atoms with van der Waals surface area (Å²) in [6.07, 6.45) is 5.42. The van der Waals surface area contributed by atoms with Crippen LogP contribution in [0, 0.1) is 0 Å². The smallest absolute Gasteiger partial charge is 0.154 e. The zero-order chi connectivity index (χ0) is 12.7. The zero-order valence-corrected chi connectivity index (χ0v) is 10.9. The van der Waals surface area contributed by atoms with Crippen LogP contribution >= 0.6 is 0 Å². The number of rotatable bonds is 2. The second kappa shape index (κ2) is 4.17. The van der Waals surface area contributed by atoms with Gasteiger partial charge in [-0.15, -0.1) is 5.10 Å². The van der Waals surface area contributed by atoms with Crippen LogP contribution in [0.5, 0.6) is 0 Å². The van der Waals surface area contributed by atoms with E-state index in [9.17, 15) is 0 Å². The fourth-order valence-corrected chi connectivity index (χ4v) is 3.50. The predicted octanol–water partition coefficient (Wildman–Crippen LogP) is 2.47. The quantitative estimate of drug-likeness (QED) is 0.826. The number of nitrogens with zero attached hydrogens (tertiary/aromatic N) is 3. The molecule has 0 saturated carbocycles. The summed E-state index contributed by atoms with van der Waals surface area (Å²) in [4.78, 5) is 2.55. The van der Waals surface area contributed by atoms with E-state index in [1.54, 1.807) is 6.26 Å². The Labute approximate surface area is 112 Å². The molecule has 0 radical (unpaired) electrons. The highest BCUT2D eigenvalue weighted by molar-refractivity contribution is 5.50. The molecule has 2 saturated heterocycles. The first-order chi connectivity index (χ1) is 9.36. The minimum atomic E-state index is 0.257. The molecule has 2 atom stereocenters. The first-order valence-corrected chi connectivity index (χ1v) is 6.96. The normalized spacial score (nSPS) is 29.6. The lowest BCUT2D eigenvalue weighted by Gasteiger charge is -2.33. The molecule has 0 aromatic carbocycles. The van der Waals surface area contributed by atoms with Gasteiger partial charge < -0.3 is 9.32 Å². The van der Waals surface area contributed by atoms with Crippen LogP contribution in [0.3, 0.4) is 0 Å². The summed E-state index contributed by atoms with van der Waals surface area (Å²) < 4.78 is 5.35. The molecule has 4 heterocycles. The van der Waals surface area contributed by atoms with Gasteiger partial charge in [-0.05, 0) is 56.6 Å². The average Bonchev–Trinajstić information content (AvgIpc) is 3.09. The minimum absolute atomic E-state index is 0.257. The molecule has 0 N–H and O–H groups in total. The molecule has 2 aliphatic rings. The predicted molar refractivity (Wildman–Crippen MR) is 71.7 cm³/mol. The topological polar surface area (TPSA) is 42.2 Å². The molecule has 0 spiro atoms. The summed E-state index contributed by atoms with van der Waals surface area (Å²) in [5.74, 6) is 0.785. The van der Waals surface area contributed by atoms with Crippen LogP contribution in [0.4, 0.5) is 0 Å². The van der Waals surface area contributed by atoms with Crippen molar-refractivity contribution < 1.29 is 4.42 Å². The third-order valence-corrected chi connectivity index (χ3v) is 4.54. The molecule has 4 rings (SSSR count). The van der Waals surface area contributed by atoms with Gasteiger partial charge in [0.2, 0.25) is 0 Å². The summed E-state index contributed by atoms with van der Waals surface area (Å²) in [6, 6.07) is 7.96. The van der Waals surface area contributed by atoms with Crippen molar-refractivity contribution in [1.82, 2.24) is 15.1 Å². The van der Waals surface area contributed by atoms with Gasteiger partial charge >= 0.3 is 0 Å². The Balaban J connectivity index is 1.66. The highest BCUT2D eigenvalue weighted by Gasteiger charge is 2.43. The number of aromatic nitrogens is 2. The third kappa shape index (κ3) is 1.78. The molecular weight excluding hydrogens is 238 g/mol. The maximum atomic E-state index is 5.35. The number of furan rings is 1. The van der Waals surface area contributed by atoms with E-state index in [-0.39, 0.29) is 5.41 Å². The van der Waals surface area contributed by atoms with Crippen LogP contribution in [0.2, 0.25) is 0 Å². The van der Waals surface area contributed by atoms with Crippen molar-refractivity contribution in [3.8, 4) is 11.5 Å². The maximum Gasteiger partial charge on any atom is 0.154 e. The molecule has 0 aliphatic carbocycles. The second-order valence-corrected chi connectivity index (χ2v) is 5.69. The molecule has 2 unspecified atom stereocenters. The maximum absolute atomic E-state index is 5.35. The molecule has 0 amide bonds.